The predicted octanol–water partition coefficient (Wildman–Crippen LogP) is 4.19. The summed E-state index contributed by atoms with van der Waals surface area (Å²) in [5.74, 6) is 0.500. The zero-order chi connectivity index (χ0) is 14.8. The standard InChI is InChI=1S/C17H28O2/c1-11-8-7-9-17(5,6)16(11)15(19)10-12(2)13(3)14(4)18/h12-13,16H,1,7-10H2,2-6H3. The number of carbonyl (C=O) groups excluding carboxylic acids is 2. The van der Waals surface area contributed by atoms with Crippen LogP contribution in [0.2, 0.25) is 0 Å². The largest absolute Gasteiger partial charge is 0.300 e. The minimum atomic E-state index is -0.0380. The molecule has 0 heterocycles. The fourth-order valence-corrected chi connectivity index (χ4v) is 3.29. The Morgan fingerprint density at radius 1 is 1.37 bits per heavy atom. The monoisotopic (exact) mass is 264 g/mol. The molecule has 0 aromatic heterocycles. The molecule has 1 saturated carbocycles. The maximum absolute atomic E-state index is 12.6. The minimum Gasteiger partial charge on any atom is -0.300 e. The molecule has 0 bridgehead atoms. The van der Waals surface area contributed by atoms with Gasteiger partial charge in [0.2, 0.25) is 0 Å². The SMILES string of the molecule is C=C1CCCC(C)(C)C1C(=O)CC(C)C(C)C(C)=O. The van der Waals surface area contributed by atoms with Gasteiger partial charge >= 0.3 is 0 Å². The first kappa shape index (κ1) is 16.1. The van der Waals surface area contributed by atoms with E-state index in [0.717, 1.165) is 24.8 Å². The lowest BCUT2D eigenvalue weighted by Gasteiger charge is -2.39. The highest BCUT2D eigenvalue weighted by Gasteiger charge is 2.39. The van der Waals surface area contributed by atoms with Gasteiger partial charge in [0.05, 0.1) is 0 Å². The van der Waals surface area contributed by atoms with Crippen molar-refractivity contribution in [1.82, 2.24) is 0 Å². The Balaban J connectivity index is 2.76. The molecule has 108 valence electrons. The molecular weight excluding hydrogens is 236 g/mol. The Kier molecular flexibility index (Phi) is 5.11. The van der Waals surface area contributed by atoms with Crippen molar-refractivity contribution < 1.29 is 9.59 Å². The summed E-state index contributed by atoms with van der Waals surface area (Å²) in [4.78, 5) is 24.0. The Morgan fingerprint density at radius 3 is 2.42 bits per heavy atom. The number of allylic oxidation sites excluding steroid dienone is 1. The van der Waals surface area contributed by atoms with Gasteiger partial charge in [-0.15, -0.1) is 0 Å². The summed E-state index contributed by atoms with van der Waals surface area (Å²) in [6, 6.07) is 0. The molecule has 19 heavy (non-hydrogen) atoms. The Hall–Kier alpha value is -0.920. The van der Waals surface area contributed by atoms with Gasteiger partial charge in [-0.1, -0.05) is 39.8 Å². The van der Waals surface area contributed by atoms with E-state index in [9.17, 15) is 9.59 Å². The van der Waals surface area contributed by atoms with E-state index in [0.29, 0.717) is 6.42 Å². The van der Waals surface area contributed by atoms with Crippen molar-refractivity contribution in [1.29, 1.82) is 0 Å². The van der Waals surface area contributed by atoms with Gasteiger partial charge in [0, 0.05) is 18.3 Å². The van der Waals surface area contributed by atoms with Crippen molar-refractivity contribution in [3.8, 4) is 0 Å². The lowest BCUT2D eigenvalue weighted by atomic mass is 9.64. The predicted molar refractivity (Wildman–Crippen MR) is 78.9 cm³/mol. The Bertz CT molecular complexity index is 379. The normalized spacial score (nSPS) is 25.7. The molecule has 0 radical (unpaired) electrons. The first-order valence-electron chi connectivity index (χ1n) is 7.37. The molecule has 0 aromatic rings. The van der Waals surface area contributed by atoms with Crippen molar-refractivity contribution in [3.63, 3.8) is 0 Å². The zero-order valence-corrected chi connectivity index (χ0v) is 13.1. The van der Waals surface area contributed by atoms with Crippen molar-refractivity contribution in [2.75, 3.05) is 0 Å². The van der Waals surface area contributed by atoms with Crippen LogP contribution in [-0.2, 0) is 9.59 Å². The molecule has 0 spiro atoms. The van der Waals surface area contributed by atoms with E-state index < -0.39 is 0 Å². The molecule has 0 amide bonds. The molecular formula is C17H28O2. The van der Waals surface area contributed by atoms with Gasteiger partial charge in [-0.25, -0.2) is 0 Å². The van der Waals surface area contributed by atoms with Gasteiger partial charge in [-0.2, -0.15) is 0 Å². The van der Waals surface area contributed by atoms with Crippen molar-refractivity contribution in [2.24, 2.45) is 23.2 Å². The first-order chi connectivity index (χ1) is 8.66. The highest BCUT2D eigenvalue weighted by Crippen LogP contribution is 2.44. The molecule has 1 aliphatic rings. The lowest BCUT2D eigenvalue weighted by molar-refractivity contribution is -0.127. The van der Waals surface area contributed by atoms with Gasteiger partial charge in [-0.3, -0.25) is 9.59 Å². The topological polar surface area (TPSA) is 34.1 Å². The van der Waals surface area contributed by atoms with Crippen LogP contribution in [0.25, 0.3) is 0 Å². The number of Topliss-reactive ketones (excluding diaryl/α,β-unsaturated/α-hetero) is 2. The highest BCUT2D eigenvalue weighted by molar-refractivity contribution is 5.86. The fourth-order valence-electron chi connectivity index (χ4n) is 3.29. The average molecular weight is 264 g/mol. The Labute approximate surface area is 117 Å². The van der Waals surface area contributed by atoms with Crippen LogP contribution in [0.15, 0.2) is 12.2 Å². The van der Waals surface area contributed by atoms with E-state index in [-0.39, 0.29) is 34.7 Å². The summed E-state index contributed by atoms with van der Waals surface area (Å²) in [7, 11) is 0. The van der Waals surface area contributed by atoms with Crippen LogP contribution in [0, 0.1) is 23.2 Å². The molecule has 0 aromatic carbocycles. The molecule has 3 atom stereocenters. The van der Waals surface area contributed by atoms with Crippen LogP contribution in [-0.4, -0.2) is 11.6 Å². The summed E-state index contributed by atoms with van der Waals surface area (Å²) in [6.07, 6.45) is 3.68. The summed E-state index contributed by atoms with van der Waals surface area (Å²) in [5, 5.41) is 0. The van der Waals surface area contributed by atoms with Crippen LogP contribution >= 0.6 is 0 Å². The van der Waals surface area contributed by atoms with Crippen LogP contribution in [0.1, 0.15) is 60.3 Å². The summed E-state index contributed by atoms with van der Waals surface area (Å²) < 4.78 is 0. The third kappa shape index (κ3) is 3.77. The van der Waals surface area contributed by atoms with Crippen LogP contribution in [0.4, 0.5) is 0 Å². The van der Waals surface area contributed by atoms with E-state index in [4.69, 9.17) is 0 Å². The van der Waals surface area contributed by atoms with Crippen LogP contribution < -0.4 is 0 Å². The molecule has 1 aliphatic carbocycles. The quantitative estimate of drug-likeness (QED) is 0.698. The molecule has 0 aliphatic heterocycles. The van der Waals surface area contributed by atoms with Gasteiger partial charge in [0.15, 0.2) is 0 Å². The second-order valence-electron chi connectivity index (χ2n) is 6.98. The molecule has 2 heteroatoms. The number of hydrogen-bond donors (Lipinski definition) is 0. The third-order valence-corrected chi connectivity index (χ3v) is 4.85. The lowest BCUT2D eigenvalue weighted by Crippen LogP contribution is -2.36. The number of hydrogen-bond acceptors (Lipinski definition) is 2. The van der Waals surface area contributed by atoms with Crippen LogP contribution in [0.3, 0.4) is 0 Å². The molecule has 0 saturated heterocycles. The third-order valence-electron chi connectivity index (χ3n) is 4.85. The van der Waals surface area contributed by atoms with E-state index in [2.05, 4.69) is 20.4 Å². The Morgan fingerprint density at radius 2 is 1.95 bits per heavy atom. The average Bonchev–Trinajstić information content (AvgIpc) is 2.25. The molecule has 1 fully saturated rings. The minimum absolute atomic E-state index is 0.0194. The molecule has 0 N–H and O–H groups in total. The number of ketones is 2. The summed E-state index contributed by atoms with van der Waals surface area (Å²) in [5.41, 5.74) is 1.11. The van der Waals surface area contributed by atoms with E-state index in [1.165, 1.54) is 0 Å². The second kappa shape index (κ2) is 6.02. The fraction of sp³-hybridized carbons (Fsp3) is 0.765. The molecule has 2 nitrogen and oxygen atoms in total. The number of carbonyl (C=O) groups is 2. The van der Waals surface area contributed by atoms with Crippen molar-refractivity contribution in [3.05, 3.63) is 12.2 Å². The van der Waals surface area contributed by atoms with Crippen molar-refractivity contribution in [2.45, 2.75) is 60.3 Å². The van der Waals surface area contributed by atoms with Crippen molar-refractivity contribution >= 4 is 11.6 Å². The van der Waals surface area contributed by atoms with Gasteiger partial charge in [0.25, 0.3) is 0 Å². The zero-order valence-electron chi connectivity index (χ0n) is 13.1. The number of rotatable bonds is 5. The maximum atomic E-state index is 12.6. The van der Waals surface area contributed by atoms with Gasteiger partial charge in [-0.05, 0) is 37.5 Å². The van der Waals surface area contributed by atoms with E-state index in [1.807, 2.05) is 13.8 Å². The molecule has 1 rings (SSSR count). The molecule has 3 unspecified atom stereocenters. The smallest absolute Gasteiger partial charge is 0.140 e. The van der Waals surface area contributed by atoms with Gasteiger partial charge < -0.3 is 0 Å². The summed E-state index contributed by atoms with van der Waals surface area (Å²) in [6.45, 7) is 14.0. The maximum Gasteiger partial charge on any atom is 0.140 e. The highest BCUT2D eigenvalue weighted by atomic mass is 16.1. The van der Waals surface area contributed by atoms with E-state index in [1.54, 1.807) is 6.92 Å². The van der Waals surface area contributed by atoms with Gasteiger partial charge in [0.1, 0.15) is 11.6 Å². The second-order valence-corrected chi connectivity index (χ2v) is 6.98. The van der Waals surface area contributed by atoms with Crippen LogP contribution in [0.5, 0.6) is 0 Å². The summed E-state index contributed by atoms with van der Waals surface area (Å²) >= 11 is 0. The first-order valence-corrected chi connectivity index (χ1v) is 7.37. The van der Waals surface area contributed by atoms with E-state index >= 15 is 0 Å².